The molecule has 1 aromatic carbocycles. The lowest BCUT2D eigenvalue weighted by atomic mass is 9.94. The molecule has 1 aromatic rings. The lowest BCUT2D eigenvalue weighted by Gasteiger charge is -2.43. The molecule has 8 nitrogen and oxygen atoms in total. The van der Waals surface area contributed by atoms with Crippen LogP contribution in [0, 0.1) is 11.7 Å². The lowest BCUT2D eigenvalue weighted by Crippen LogP contribution is -2.65. The second-order valence-corrected chi connectivity index (χ2v) is 10.3. The van der Waals surface area contributed by atoms with Crippen molar-refractivity contribution in [2.75, 3.05) is 26.4 Å². The van der Waals surface area contributed by atoms with Crippen molar-refractivity contribution >= 4 is 17.7 Å². The Balaban J connectivity index is 1.71. The standard InChI is InChI=1S/C24H38FN3O5S/c1-4-5-15-10-18(28(2)13-15)23(32)27-17(12-26-11-14-6-8-16(25)9-7-14)22-20(30)19(29)21(31)24(33-22)34-3/h6-9,15,17-22,24,26,29-31H,4-5,10-13H2,1-3H3,(H,27,32)/t15-,17-,18+,19?,20?,21?,22?,24?/m1/s1. The van der Waals surface area contributed by atoms with Gasteiger partial charge < -0.3 is 30.7 Å². The highest BCUT2D eigenvalue weighted by Gasteiger charge is 2.47. The quantitative estimate of drug-likeness (QED) is 0.320. The molecule has 192 valence electrons. The molecule has 2 aliphatic rings. The smallest absolute Gasteiger partial charge is 0.237 e. The number of nitrogens with one attached hydrogen (secondary N) is 2. The van der Waals surface area contributed by atoms with Gasteiger partial charge >= 0.3 is 0 Å². The Hall–Kier alpha value is -1.27. The molecule has 5 N–H and O–H groups in total. The Morgan fingerprint density at radius 2 is 1.94 bits per heavy atom. The van der Waals surface area contributed by atoms with Crippen LogP contribution >= 0.6 is 11.8 Å². The van der Waals surface area contributed by atoms with Crippen LogP contribution in [0.3, 0.4) is 0 Å². The van der Waals surface area contributed by atoms with Gasteiger partial charge in [0.25, 0.3) is 0 Å². The Morgan fingerprint density at radius 3 is 2.59 bits per heavy atom. The molecule has 10 heteroatoms. The number of hydrogen-bond donors (Lipinski definition) is 5. The van der Waals surface area contributed by atoms with Gasteiger partial charge in [-0.15, -0.1) is 11.8 Å². The minimum Gasteiger partial charge on any atom is -0.388 e. The maximum absolute atomic E-state index is 13.3. The number of hydrogen-bond acceptors (Lipinski definition) is 8. The SMILES string of the molecule is CCC[C@@H]1C[C@@H](C(=O)N[C@H](CNCc2ccc(F)cc2)C2OC(SC)C(O)C(O)C2O)N(C)C1. The molecule has 0 spiro atoms. The third kappa shape index (κ3) is 6.69. The Morgan fingerprint density at radius 1 is 1.24 bits per heavy atom. The van der Waals surface area contributed by atoms with Crippen LogP contribution < -0.4 is 10.6 Å². The molecular weight excluding hydrogens is 461 g/mol. The van der Waals surface area contributed by atoms with Crippen molar-refractivity contribution in [2.24, 2.45) is 5.92 Å². The number of amides is 1. The predicted octanol–water partition coefficient (Wildman–Crippen LogP) is 0.691. The zero-order valence-corrected chi connectivity index (χ0v) is 20.9. The number of likely N-dealkylation sites (tertiary alicyclic amines) is 1. The van der Waals surface area contributed by atoms with Gasteiger partial charge in [-0.3, -0.25) is 9.69 Å². The molecule has 5 unspecified atom stereocenters. The number of benzene rings is 1. The van der Waals surface area contributed by atoms with Gasteiger partial charge in [-0.25, -0.2) is 4.39 Å². The monoisotopic (exact) mass is 499 g/mol. The largest absolute Gasteiger partial charge is 0.388 e. The van der Waals surface area contributed by atoms with Gasteiger partial charge in [-0.1, -0.05) is 25.5 Å². The van der Waals surface area contributed by atoms with Crippen LogP contribution in [0.2, 0.25) is 0 Å². The maximum Gasteiger partial charge on any atom is 0.237 e. The van der Waals surface area contributed by atoms with Gasteiger partial charge in [0, 0.05) is 19.6 Å². The van der Waals surface area contributed by atoms with Crippen molar-refractivity contribution in [3.8, 4) is 0 Å². The van der Waals surface area contributed by atoms with E-state index in [1.165, 1.54) is 23.9 Å². The number of halogens is 1. The van der Waals surface area contributed by atoms with Crippen LogP contribution in [0.4, 0.5) is 4.39 Å². The molecule has 1 amide bonds. The first-order valence-corrected chi connectivity index (χ1v) is 13.2. The maximum atomic E-state index is 13.3. The van der Waals surface area contributed by atoms with Crippen molar-refractivity contribution in [3.63, 3.8) is 0 Å². The fourth-order valence-corrected chi connectivity index (χ4v) is 5.61. The molecular formula is C24H38FN3O5S. The summed E-state index contributed by atoms with van der Waals surface area (Å²) in [6, 6.07) is 5.18. The molecule has 2 saturated heterocycles. The van der Waals surface area contributed by atoms with Crippen LogP contribution in [0.15, 0.2) is 24.3 Å². The summed E-state index contributed by atoms with van der Waals surface area (Å²) in [4.78, 5) is 15.3. The molecule has 34 heavy (non-hydrogen) atoms. The van der Waals surface area contributed by atoms with Gasteiger partial charge in [0.2, 0.25) is 5.91 Å². The molecule has 0 bridgehead atoms. The Bertz CT molecular complexity index is 786. The van der Waals surface area contributed by atoms with E-state index in [9.17, 15) is 24.5 Å². The van der Waals surface area contributed by atoms with E-state index in [1.54, 1.807) is 18.4 Å². The summed E-state index contributed by atoms with van der Waals surface area (Å²) in [5, 5.41) is 37.6. The van der Waals surface area contributed by atoms with Crippen molar-refractivity contribution in [1.29, 1.82) is 0 Å². The minimum atomic E-state index is -1.39. The number of rotatable bonds is 10. The van der Waals surface area contributed by atoms with Gasteiger partial charge in [-0.2, -0.15) is 0 Å². The van der Waals surface area contributed by atoms with Gasteiger partial charge in [-0.05, 0) is 49.8 Å². The zero-order valence-electron chi connectivity index (χ0n) is 20.1. The molecule has 2 fully saturated rings. The highest BCUT2D eigenvalue weighted by Crippen LogP contribution is 2.29. The lowest BCUT2D eigenvalue weighted by molar-refractivity contribution is -0.205. The van der Waals surface area contributed by atoms with Crippen LogP contribution in [0.5, 0.6) is 0 Å². The van der Waals surface area contributed by atoms with E-state index in [-0.39, 0.29) is 24.3 Å². The van der Waals surface area contributed by atoms with E-state index < -0.39 is 35.9 Å². The zero-order chi connectivity index (χ0) is 24.8. The average Bonchev–Trinajstić information content (AvgIpc) is 3.19. The first-order valence-electron chi connectivity index (χ1n) is 11.9. The Labute approximate surface area is 205 Å². The van der Waals surface area contributed by atoms with Crippen LogP contribution in [-0.4, -0.2) is 94.5 Å². The van der Waals surface area contributed by atoms with E-state index in [0.717, 1.165) is 31.4 Å². The summed E-state index contributed by atoms with van der Waals surface area (Å²) in [5.74, 6) is 0.00675. The van der Waals surface area contributed by atoms with Crippen LogP contribution in [0.25, 0.3) is 0 Å². The summed E-state index contributed by atoms with van der Waals surface area (Å²) in [6.45, 7) is 3.68. The second kappa shape index (κ2) is 12.6. The molecule has 0 aliphatic carbocycles. The summed E-state index contributed by atoms with van der Waals surface area (Å²) in [5.41, 5.74) is 0.134. The topological polar surface area (TPSA) is 114 Å². The first kappa shape index (κ1) is 27.3. The van der Waals surface area contributed by atoms with Crippen molar-refractivity contribution in [3.05, 3.63) is 35.6 Å². The average molecular weight is 500 g/mol. The van der Waals surface area contributed by atoms with Crippen molar-refractivity contribution in [2.45, 2.75) is 74.7 Å². The second-order valence-electron chi connectivity index (χ2n) is 9.39. The molecule has 2 aliphatic heterocycles. The number of nitrogens with zero attached hydrogens (tertiary/aromatic N) is 1. The van der Waals surface area contributed by atoms with Crippen LogP contribution in [0.1, 0.15) is 31.7 Å². The van der Waals surface area contributed by atoms with E-state index in [1.807, 2.05) is 7.05 Å². The molecule has 3 rings (SSSR count). The number of ether oxygens (including phenoxy) is 1. The molecule has 0 radical (unpaired) electrons. The third-order valence-electron chi connectivity index (χ3n) is 6.80. The molecule has 2 heterocycles. The van der Waals surface area contributed by atoms with Crippen molar-refractivity contribution in [1.82, 2.24) is 15.5 Å². The van der Waals surface area contributed by atoms with E-state index >= 15 is 0 Å². The van der Waals surface area contributed by atoms with Crippen molar-refractivity contribution < 1.29 is 29.2 Å². The van der Waals surface area contributed by atoms with E-state index in [4.69, 9.17) is 4.74 Å². The molecule has 8 atom stereocenters. The summed E-state index contributed by atoms with van der Waals surface area (Å²) < 4.78 is 19.1. The summed E-state index contributed by atoms with van der Waals surface area (Å²) in [7, 11) is 1.94. The number of aliphatic hydroxyl groups excluding tert-OH is 3. The highest BCUT2D eigenvalue weighted by atomic mass is 32.2. The number of carbonyl (C=O) groups is 1. The molecule has 0 saturated carbocycles. The predicted molar refractivity (Wildman–Crippen MR) is 130 cm³/mol. The summed E-state index contributed by atoms with van der Waals surface area (Å²) >= 11 is 1.23. The number of carbonyl (C=O) groups excluding carboxylic acids is 1. The van der Waals surface area contributed by atoms with Gasteiger partial charge in [0.05, 0.1) is 12.1 Å². The van der Waals surface area contributed by atoms with Gasteiger partial charge in [0.1, 0.15) is 35.7 Å². The highest BCUT2D eigenvalue weighted by molar-refractivity contribution is 7.99. The molecule has 0 aromatic heterocycles. The number of thioether (sulfide) groups is 1. The minimum absolute atomic E-state index is 0.146. The number of likely N-dealkylation sites (N-methyl/N-ethyl adjacent to an activating group) is 1. The number of aliphatic hydroxyl groups is 3. The van der Waals surface area contributed by atoms with Crippen LogP contribution in [-0.2, 0) is 16.1 Å². The summed E-state index contributed by atoms with van der Waals surface area (Å²) in [6.07, 6.45) is -0.256. The normalized spacial score (nSPS) is 33.1. The fraction of sp³-hybridized carbons (Fsp3) is 0.708. The third-order valence-corrected chi connectivity index (χ3v) is 7.66. The first-order chi connectivity index (χ1) is 16.2. The Kier molecular flexibility index (Phi) is 10.1. The fourth-order valence-electron chi connectivity index (χ4n) is 4.93. The van der Waals surface area contributed by atoms with E-state index in [0.29, 0.717) is 12.5 Å². The van der Waals surface area contributed by atoms with Gasteiger partial charge in [0.15, 0.2) is 0 Å². The van der Waals surface area contributed by atoms with E-state index in [2.05, 4.69) is 22.5 Å².